The predicted octanol–water partition coefficient (Wildman–Crippen LogP) is 4.41. The first-order chi connectivity index (χ1) is 18.8. The first kappa shape index (κ1) is 30.7. The topological polar surface area (TPSA) is 107 Å². The zero-order chi connectivity index (χ0) is 28.4. The lowest BCUT2D eigenvalue weighted by atomic mass is 10.0. The van der Waals surface area contributed by atoms with Gasteiger partial charge in [0, 0.05) is 54.9 Å². The number of aldehydes is 1. The summed E-state index contributed by atoms with van der Waals surface area (Å²) in [6.45, 7) is 13.1. The molecule has 0 bridgehead atoms. The Morgan fingerprint density at radius 2 is 1.90 bits per heavy atom. The first-order valence-corrected chi connectivity index (χ1v) is 14.3. The highest BCUT2D eigenvalue weighted by molar-refractivity contribution is 5.48. The lowest BCUT2D eigenvalue weighted by Gasteiger charge is -2.32. The molecule has 1 saturated heterocycles. The summed E-state index contributed by atoms with van der Waals surface area (Å²) in [5, 5.41) is 16.2. The van der Waals surface area contributed by atoms with E-state index >= 15 is 0 Å². The first-order valence-electron chi connectivity index (χ1n) is 14.3. The molecule has 3 heterocycles. The van der Waals surface area contributed by atoms with Gasteiger partial charge in [-0.15, -0.1) is 10.2 Å². The molecule has 1 aliphatic rings. The van der Waals surface area contributed by atoms with Gasteiger partial charge in [0.25, 0.3) is 0 Å². The molecule has 39 heavy (non-hydrogen) atoms. The molecular formula is C30H48N8O. The van der Waals surface area contributed by atoms with Gasteiger partial charge in [0.05, 0.1) is 12.7 Å². The zero-order valence-electron chi connectivity index (χ0n) is 24.6. The van der Waals surface area contributed by atoms with E-state index in [-0.39, 0.29) is 0 Å². The number of rotatable bonds is 12. The van der Waals surface area contributed by atoms with Crippen molar-refractivity contribution in [1.82, 2.24) is 34.8 Å². The largest absolute Gasteiger partial charge is 0.326 e. The summed E-state index contributed by atoms with van der Waals surface area (Å²) in [6.07, 6.45) is 9.10. The van der Waals surface area contributed by atoms with Crippen molar-refractivity contribution in [3.05, 3.63) is 65.5 Å². The van der Waals surface area contributed by atoms with Crippen molar-refractivity contribution in [3.8, 4) is 0 Å². The average Bonchev–Trinajstić information content (AvgIpc) is 3.65. The lowest BCUT2D eigenvalue weighted by Crippen LogP contribution is -2.38. The second-order valence-corrected chi connectivity index (χ2v) is 11.0. The maximum Gasteiger partial charge on any atom is 0.141 e. The van der Waals surface area contributed by atoms with Crippen molar-refractivity contribution in [2.45, 2.75) is 103 Å². The molecule has 0 spiro atoms. The highest BCUT2D eigenvalue weighted by Crippen LogP contribution is 2.32. The number of nitrogens with two attached hydrogens (primary N) is 1. The van der Waals surface area contributed by atoms with Crippen LogP contribution in [0, 0.1) is 6.92 Å². The standard InChI is InChI=1S/C24H39N5.C6H9N3O/c1-17(2)24-27-26-20(5)29(24)19(4)16-22-13-12-18(3)28(22)15-14-23(25-6)21-10-8-7-9-11-21;7-3-6-4-8-9(5-6)1-2-10/h7-11,17-19,22-23,25H,12-16H2,1-6H3;2,4-5H,1,3,7H2. The third kappa shape index (κ3) is 8.30. The molecule has 1 fully saturated rings. The van der Waals surface area contributed by atoms with Gasteiger partial charge in [-0.1, -0.05) is 44.2 Å². The number of aryl methyl sites for hydroxylation is 1. The fourth-order valence-electron chi connectivity index (χ4n) is 5.73. The van der Waals surface area contributed by atoms with Crippen LogP contribution < -0.4 is 11.1 Å². The molecule has 214 valence electrons. The Kier molecular flexibility index (Phi) is 11.8. The SMILES string of the molecule is CNC(CCN1C(C)CCC1CC(C)n1c(C)nnc1C(C)C)c1ccccc1.NCc1cnn(CC=O)c1. The monoisotopic (exact) mass is 536 g/mol. The molecule has 0 radical (unpaired) electrons. The molecule has 4 unspecified atom stereocenters. The van der Waals surface area contributed by atoms with E-state index in [1.54, 1.807) is 17.1 Å². The van der Waals surface area contributed by atoms with Crippen molar-refractivity contribution < 1.29 is 4.79 Å². The Balaban J connectivity index is 0.000000353. The Morgan fingerprint density at radius 1 is 1.15 bits per heavy atom. The van der Waals surface area contributed by atoms with Crippen LogP contribution in [0.1, 0.15) is 94.2 Å². The summed E-state index contributed by atoms with van der Waals surface area (Å²) >= 11 is 0. The van der Waals surface area contributed by atoms with Crippen LogP contribution >= 0.6 is 0 Å². The van der Waals surface area contributed by atoms with Crippen LogP contribution in [-0.4, -0.2) is 61.4 Å². The average molecular weight is 537 g/mol. The third-order valence-electron chi connectivity index (χ3n) is 7.83. The highest BCUT2D eigenvalue weighted by Gasteiger charge is 2.32. The lowest BCUT2D eigenvalue weighted by molar-refractivity contribution is -0.108. The van der Waals surface area contributed by atoms with E-state index in [4.69, 9.17) is 5.73 Å². The molecule has 3 N–H and O–H groups in total. The van der Waals surface area contributed by atoms with E-state index in [9.17, 15) is 4.79 Å². The van der Waals surface area contributed by atoms with Gasteiger partial charge in [-0.2, -0.15) is 5.10 Å². The number of aromatic nitrogens is 5. The highest BCUT2D eigenvalue weighted by atomic mass is 16.1. The van der Waals surface area contributed by atoms with Crippen LogP contribution in [-0.2, 0) is 17.9 Å². The summed E-state index contributed by atoms with van der Waals surface area (Å²) in [7, 11) is 2.08. The number of nitrogens with one attached hydrogen (secondary N) is 1. The van der Waals surface area contributed by atoms with E-state index in [2.05, 4.69) is 102 Å². The van der Waals surface area contributed by atoms with Gasteiger partial charge < -0.3 is 20.4 Å². The zero-order valence-corrected chi connectivity index (χ0v) is 24.6. The van der Waals surface area contributed by atoms with Gasteiger partial charge in [-0.3, -0.25) is 9.58 Å². The minimum absolute atomic E-state index is 0.306. The fourth-order valence-corrected chi connectivity index (χ4v) is 5.73. The molecule has 3 aromatic rings. The molecule has 9 heteroatoms. The van der Waals surface area contributed by atoms with Crippen LogP contribution in [0.3, 0.4) is 0 Å². The Bertz CT molecular complexity index is 1130. The van der Waals surface area contributed by atoms with Crippen molar-refractivity contribution >= 4 is 6.29 Å². The van der Waals surface area contributed by atoms with E-state index in [1.807, 2.05) is 0 Å². The van der Waals surface area contributed by atoms with Gasteiger partial charge >= 0.3 is 0 Å². The van der Waals surface area contributed by atoms with Crippen LogP contribution in [0.25, 0.3) is 0 Å². The van der Waals surface area contributed by atoms with Crippen LogP contribution in [0.4, 0.5) is 0 Å². The maximum atomic E-state index is 9.98. The van der Waals surface area contributed by atoms with Crippen molar-refractivity contribution in [2.24, 2.45) is 5.73 Å². The molecule has 0 saturated carbocycles. The van der Waals surface area contributed by atoms with Gasteiger partial charge in [0.2, 0.25) is 0 Å². The second kappa shape index (κ2) is 15.1. The van der Waals surface area contributed by atoms with Crippen molar-refractivity contribution in [2.75, 3.05) is 13.6 Å². The predicted molar refractivity (Wildman–Crippen MR) is 156 cm³/mol. The Labute approximate surface area is 234 Å². The molecule has 0 aliphatic carbocycles. The van der Waals surface area contributed by atoms with Crippen LogP contribution in [0.15, 0.2) is 42.7 Å². The summed E-state index contributed by atoms with van der Waals surface area (Å²) < 4.78 is 3.92. The molecule has 0 amide bonds. The third-order valence-corrected chi connectivity index (χ3v) is 7.83. The molecule has 1 aliphatic heterocycles. The quantitative estimate of drug-likeness (QED) is 0.330. The number of hydrogen-bond donors (Lipinski definition) is 2. The number of carbonyl (C=O) groups excluding carboxylic acids is 1. The molecular weight excluding hydrogens is 488 g/mol. The van der Waals surface area contributed by atoms with Gasteiger partial charge in [0.15, 0.2) is 0 Å². The number of carbonyl (C=O) groups is 1. The molecule has 4 rings (SSSR count). The van der Waals surface area contributed by atoms with Crippen molar-refractivity contribution in [3.63, 3.8) is 0 Å². The van der Waals surface area contributed by atoms with Gasteiger partial charge in [0.1, 0.15) is 17.9 Å². The minimum atomic E-state index is 0.306. The van der Waals surface area contributed by atoms with Crippen molar-refractivity contribution in [1.29, 1.82) is 0 Å². The number of nitrogens with zero attached hydrogens (tertiary/aromatic N) is 6. The number of hydrogen-bond acceptors (Lipinski definition) is 7. The summed E-state index contributed by atoms with van der Waals surface area (Å²) in [4.78, 5) is 12.7. The smallest absolute Gasteiger partial charge is 0.141 e. The number of benzene rings is 1. The molecule has 2 aromatic heterocycles. The van der Waals surface area contributed by atoms with E-state index in [1.165, 1.54) is 24.8 Å². The second-order valence-electron chi connectivity index (χ2n) is 11.0. The van der Waals surface area contributed by atoms with E-state index in [0.717, 1.165) is 36.5 Å². The van der Waals surface area contributed by atoms with Gasteiger partial charge in [-0.05, 0) is 59.1 Å². The number of likely N-dealkylation sites (tertiary alicyclic amines) is 1. The minimum Gasteiger partial charge on any atom is -0.326 e. The molecule has 9 nitrogen and oxygen atoms in total. The summed E-state index contributed by atoms with van der Waals surface area (Å²) in [6, 6.07) is 13.0. The van der Waals surface area contributed by atoms with E-state index < -0.39 is 0 Å². The summed E-state index contributed by atoms with van der Waals surface area (Å²) in [5.41, 5.74) is 7.65. The summed E-state index contributed by atoms with van der Waals surface area (Å²) in [5.74, 6) is 2.56. The Hall–Kier alpha value is -2.88. The normalized spacial score (nSPS) is 19.1. The van der Waals surface area contributed by atoms with Crippen LogP contribution in [0.2, 0.25) is 0 Å². The molecule has 4 atom stereocenters. The Morgan fingerprint density at radius 3 is 2.51 bits per heavy atom. The van der Waals surface area contributed by atoms with E-state index in [0.29, 0.717) is 43.2 Å². The molecule has 1 aromatic carbocycles. The maximum absolute atomic E-state index is 9.98. The van der Waals surface area contributed by atoms with Gasteiger partial charge in [-0.25, -0.2) is 0 Å². The van der Waals surface area contributed by atoms with Crippen LogP contribution in [0.5, 0.6) is 0 Å². The fraction of sp³-hybridized carbons (Fsp3) is 0.600.